The van der Waals surface area contributed by atoms with E-state index in [1.807, 2.05) is 6.92 Å². The van der Waals surface area contributed by atoms with Gasteiger partial charge in [-0.3, -0.25) is 0 Å². The van der Waals surface area contributed by atoms with Gasteiger partial charge in [0.1, 0.15) is 6.26 Å². The predicted octanol–water partition coefficient (Wildman–Crippen LogP) is 0.926. The van der Waals surface area contributed by atoms with E-state index in [0.29, 0.717) is 19.5 Å². The largest absolute Gasteiger partial charge is 0.364 e. The molecule has 6 nitrogen and oxygen atoms in total. The number of rotatable bonds is 5. The molecular weight excluding hydrogens is 254 g/mol. The second kappa shape index (κ2) is 5.81. The molecule has 0 bridgehead atoms. The van der Waals surface area contributed by atoms with Crippen molar-refractivity contribution in [3.8, 4) is 0 Å². The molecule has 0 spiro atoms. The Kier molecular flexibility index (Phi) is 4.36. The third-order valence-corrected chi connectivity index (χ3v) is 4.96. The van der Waals surface area contributed by atoms with Crippen molar-refractivity contribution >= 4 is 10.2 Å². The number of nitrogens with one attached hydrogen (secondary N) is 1. The van der Waals surface area contributed by atoms with E-state index in [-0.39, 0.29) is 6.04 Å². The highest BCUT2D eigenvalue weighted by molar-refractivity contribution is 7.87. The van der Waals surface area contributed by atoms with Crippen molar-refractivity contribution in [1.29, 1.82) is 0 Å². The second-order valence-electron chi connectivity index (χ2n) is 4.64. The Labute approximate surface area is 108 Å². The first-order chi connectivity index (χ1) is 8.59. The Bertz CT molecular complexity index is 458. The molecular formula is C11H19N3O3S. The van der Waals surface area contributed by atoms with Gasteiger partial charge in [-0.25, -0.2) is 4.72 Å². The molecule has 0 amide bonds. The van der Waals surface area contributed by atoms with Gasteiger partial charge < -0.3 is 4.52 Å². The van der Waals surface area contributed by atoms with Crippen LogP contribution in [-0.2, 0) is 16.6 Å². The second-order valence-corrected chi connectivity index (χ2v) is 6.35. The standard InChI is InChI=1S/C11H19N3O3S/c1-10-4-2-3-7-14(10)18(15,16)13-6-5-11-8-12-17-9-11/h8-10,13H,2-7H2,1H3. The lowest BCUT2D eigenvalue weighted by atomic mass is 10.1. The molecule has 1 saturated heterocycles. The van der Waals surface area contributed by atoms with Crippen LogP contribution in [0.1, 0.15) is 31.7 Å². The highest BCUT2D eigenvalue weighted by Gasteiger charge is 2.28. The zero-order chi connectivity index (χ0) is 13.0. The van der Waals surface area contributed by atoms with Crippen molar-refractivity contribution in [3.05, 3.63) is 18.0 Å². The lowest BCUT2D eigenvalue weighted by molar-refractivity contribution is 0.265. The third-order valence-electron chi connectivity index (χ3n) is 3.23. The minimum absolute atomic E-state index is 0.0897. The van der Waals surface area contributed by atoms with Gasteiger partial charge in [-0.2, -0.15) is 12.7 Å². The van der Waals surface area contributed by atoms with Crippen molar-refractivity contribution in [2.75, 3.05) is 13.1 Å². The van der Waals surface area contributed by atoms with Crippen molar-refractivity contribution in [2.45, 2.75) is 38.6 Å². The maximum atomic E-state index is 12.1. The van der Waals surface area contributed by atoms with Gasteiger partial charge in [0.2, 0.25) is 0 Å². The summed E-state index contributed by atoms with van der Waals surface area (Å²) in [6, 6.07) is 0.0897. The maximum Gasteiger partial charge on any atom is 0.279 e. The number of piperidine rings is 1. The average Bonchev–Trinajstić information content (AvgIpc) is 2.82. The molecule has 1 aromatic heterocycles. The SMILES string of the molecule is CC1CCCCN1S(=O)(=O)NCCc1cnoc1. The summed E-state index contributed by atoms with van der Waals surface area (Å²) < 4.78 is 33.1. The molecule has 0 aliphatic carbocycles. The molecule has 1 unspecified atom stereocenters. The van der Waals surface area contributed by atoms with Crippen molar-refractivity contribution in [2.24, 2.45) is 0 Å². The molecule has 102 valence electrons. The first-order valence-electron chi connectivity index (χ1n) is 6.24. The van der Waals surface area contributed by atoms with E-state index in [4.69, 9.17) is 4.52 Å². The molecule has 2 rings (SSSR count). The lowest BCUT2D eigenvalue weighted by Crippen LogP contribution is -2.48. The third kappa shape index (κ3) is 3.30. The van der Waals surface area contributed by atoms with Crippen molar-refractivity contribution in [1.82, 2.24) is 14.2 Å². The Morgan fingerprint density at radius 3 is 3.06 bits per heavy atom. The van der Waals surface area contributed by atoms with Crippen LogP contribution in [0.5, 0.6) is 0 Å². The van der Waals surface area contributed by atoms with Crippen LogP contribution in [0.25, 0.3) is 0 Å². The van der Waals surface area contributed by atoms with Crippen LogP contribution in [-0.4, -0.2) is 37.0 Å². The number of hydrogen-bond donors (Lipinski definition) is 1. The fraction of sp³-hybridized carbons (Fsp3) is 0.727. The van der Waals surface area contributed by atoms with E-state index >= 15 is 0 Å². The van der Waals surface area contributed by atoms with Gasteiger partial charge in [0.15, 0.2) is 0 Å². The Morgan fingerprint density at radius 1 is 1.56 bits per heavy atom. The molecule has 1 atom stereocenters. The highest BCUT2D eigenvalue weighted by Crippen LogP contribution is 2.18. The predicted molar refractivity (Wildman–Crippen MR) is 67.1 cm³/mol. The number of nitrogens with zero attached hydrogens (tertiary/aromatic N) is 2. The van der Waals surface area contributed by atoms with Crippen LogP contribution in [0.3, 0.4) is 0 Å². The van der Waals surface area contributed by atoms with Crippen LogP contribution in [0.4, 0.5) is 0 Å². The van der Waals surface area contributed by atoms with Crippen LogP contribution < -0.4 is 4.72 Å². The number of aromatic nitrogens is 1. The number of hydrogen-bond acceptors (Lipinski definition) is 4. The molecule has 1 fully saturated rings. The van der Waals surface area contributed by atoms with E-state index in [0.717, 1.165) is 24.8 Å². The molecule has 0 radical (unpaired) electrons. The van der Waals surface area contributed by atoms with Crippen LogP contribution in [0, 0.1) is 0 Å². The van der Waals surface area contributed by atoms with E-state index in [2.05, 4.69) is 9.88 Å². The fourth-order valence-corrected chi connectivity index (χ4v) is 3.66. The zero-order valence-corrected chi connectivity index (χ0v) is 11.3. The molecule has 0 aromatic carbocycles. The van der Waals surface area contributed by atoms with Crippen LogP contribution >= 0.6 is 0 Å². The Morgan fingerprint density at radius 2 is 2.39 bits per heavy atom. The van der Waals surface area contributed by atoms with E-state index in [1.54, 1.807) is 10.5 Å². The molecule has 18 heavy (non-hydrogen) atoms. The van der Waals surface area contributed by atoms with Gasteiger partial charge >= 0.3 is 0 Å². The first-order valence-corrected chi connectivity index (χ1v) is 7.68. The quantitative estimate of drug-likeness (QED) is 0.866. The minimum Gasteiger partial charge on any atom is -0.364 e. The van der Waals surface area contributed by atoms with Crippen LogP contribution in [0.15, 0.2) is 17.0 Å². The summed E-state index contributed by atoms with van der Waals surface area (Å²) in [5, 5.41) is 3.58. The van der Waals surface area contributed by atoms with Gasteiger partial charge in [-0.15, -0.1) is 0 Å². The molecule has 1 N–H and O–H groups in total. The molecule has 7 heteroatoms. The van der Waals surface area contributed by atoms with Gasteiger partial charge in [0, 0.05) is 24.7 Å². The maximum absolute atomic E-state index is 12.1. The van der Waals surface area contributed by atoms with Crippen molar-refractivity contribution in [3.63, 3.8) is 0 Å². The summed E-state index contributed by atoms with van der Waals surface area (Å²) in [5.74, 6) is 0. The molecule has 2 heterocycles. The fourth-order valence-electron chi connectivity index (χ4n) is 2.19. The molecule has 1 aromatic rings. The summed E-state index contributed by atoms with van der Waals surface area (Å²) in [5.41, 5.74) is 0.893. The lowest BCUT2D eigenvalue weighted by Gasteiger charge is -2.32. The summed E-state index contributed by atoms with van der Waals surface area (Å²) in [6.07, 6.45) is 6.69. The van der Waals surface area contributed by atoms with E-state index in [1.165, 1.54) is 6.26 Å². The first kappa shape index (κ1) is 13.5. The zero-order valence-electron chi connectivity index (χ0n) is 10.5. The summed E-state index contributed by atoms with van der Waals surface area (Å²) >= 11 is 0. The van der Waals surface area contributed by atoms with Gasteiger partial charge in [0.05, 0.1) is 6.20 Å². The van der Waals surface area contributed by atoms with Gasteiger partial charge in [0.25, 0.3) is 10.2 Å². The summed E-state index contributed by atoms with van der Waals surface area (Å²) in [4.78, 5) is 0. The smallest absolute Gasteiger partial charge is 0.279 e. The molecule has 1 aliphatic heterocycles. The van der Waals surface area contributed by atoms with Gasteiger partial charge in [-0.05, 0) is 26.2 Å². The topological polar surface area (TPSA) is 75.4 Å². The van der Waals surface area contributed by atoms with Gasteiger partial charge in [-0.1, -0.05) is 11.6 Å². The molecule has 1 aliphatic rings. The average molecular weight is 273 g/mol. The Hall–Kier alpha value is -0.920. The monoisotopic (exact) mass is 273 g/mol. The van der Waals surface area contributed by atoms with E-state index in [9.17, 15) is 8.42 Å². The molecule has 0 saturated carbocycles. The normalized spacial score (nSPS) is 22.2. The Balaban J connectivity index is 1.86. The van der Waals surface area contributed by atoms with Crippen molar-refractivity contribution < 1.29 is 12.9 Å². The summed E-state index contributed by atoms with van der Waals surface area (Å²) in [6.45, 7) is 2.94. The minimum atomic E-state index is -3.35. The van der Waals surface area contributed by atoms with E-state index < -0.39 is 10.2 Å². The van der Waals surface area contributed by atoms with Crippen LogP contribution in [0.2, 0.25) is 0 Å². The summed E-state index contributed by atoms with van der Waals surface area (Å²) in [7, 11) is -3.35. The highest BCUT2D eigenvalue weighted by atomic mass is 32.2.